The first-order chi connectivity index (χ1) is 9.75. The zero-order valence-corrected chi connectivity index (χ0v) is 11.9. The molecular weight excluding hydrogens is 246 g/mol. The maximum Gasteiger partial charge on any atom is 0.0989 e. The molecule has 3 nitrogen and oxygen atoms in total. The van der Waals surface area contributed by atoms with Crippen LogP contribution in [0.3, 0.4) is 0 Å². The minimum Gasteiger partial charge on any atom is -0.361 e. The van der Waals surface area contributed by atoms with Crippen molar-refractivity contribution in [1.82, 2.24) is 10.2 Å². The number of hydrogen-bond donors (Lipinski definition) is 1. The standard InChI is InChI=1S/C17H19N3/c1-14-15(2)20(17-9-4-3-5-10-17)13-19(14)12-16-8-6-7-11-18-16/h3-12,18H,13H2,1-2H3/b16-12-. The van der Waals surface area contributed by atoms with E-state index < -0.39 is 0 Å². The summed E-state index contributed by atoms with van der Waals surface area (Å²) in [5.41, 5.74) is 4.92. The third-order valence-electron chi connectivity index (χ3n) is 3.75. The van der Waals surface area contributed by atoms with E-state index in [0.717, 1.165) is 12.4 Å². The summed E-state index contributed by atoms with van der Waals surface area (Å²) < 4.78 is 0. The predicted molar refractivity (Wildman–Crippen MR) is 83.5 cm³/mol. The highest BCUT2D eigenvalue weighted by atomic mass is 15.4. The zero-order chi connectivity index (χ0) is 13.9. The highest BCUT2D eigenvalue weighted by molar-refractivity contribution is 5.54. The van der Waals surface area contributed by atoms with E-state index in [2.05, 4.69) is 65.5 Å². The number of hydrogen-bond acceptors (Lipinski definition) is 3. The second-order valence-electron chi connectivity index (χ2n) is 4.99. The quantitative estimate of drug-likeness (QED) is 0.882. The molecule has 0 fully saturated rings. The van der Waals surface area contributed by atoms with Crippen LogP contribution in [-0.4, -0.2) is 11.6 Å². The lowest BCUT2D eigenvalue weighted by Crippen LogP contribution is -2.24. The largest absolute Gasteiger partial charge is 0.361 e. The molecule has 2 aliphatic heterocycles. The molecule has 0 spiro atoms. The van der Waals surface area contributed by atoms with Gasteiger partial charge in [0, 0.05) is 29.5 Å². The van der Waals surface area contributed by atoms with Crippen molar-refractivity contribution in [2.75, 3.05) is 11.6 Å². The fourth-order valence-electron chi connectivity index (χ4n) is 2.44. The van der Waals surface area contributed by atoms with Crippen LogP contribution in [0.15, 0.2) is 78.1 Å². The van der Waals surface area contributed by atoms with E-state index in [1.54, 1.807) is 0 Å². The van der Waals surface area contributed by atoms with Crippen LogP contribution in [0.2, 0.25) is 0 Å². The monoisotopic (exact) mass is 265 g/mol. The molecule has 0 unspecified atom stereocenters. The molecular formula is C17H19N3. The van der Waals surface area contributed by atoms with E-state index in [0.29, 0.717) is 0 Å². The van der Waals surface area contributed by atoms with Gasteiger partial charge < -0.3 is 15.1 Å². The molecule has 0 radical (unpaired) electrons. The number of rotatable bonds is 2. The Morgan fingerprint density at radius 3 is 2.55 bits per heavy atom. The van der Waals surface area contributed by atoms with Gasteiger partial charge in [0.25, 0.3) is 0 Å². The van der Waals surface area contributed by atoms with Crippen molar-refractivity contribution in [1.29, 1.82) is 0 Å². The Hall–Kier alpha value is -2.42. The second kappa shape index (κ2) is 5.29. The SMILES string of the molecule is CC1=C(C)N(c2ccccc2)CN1/C=C1/C=CC=CN1. The first-order valence-electron chi connectivity index (χ1n) is 6.84. The summed E-state index contributed by atoms with van der Waals surface area (Å²) in [6.45, 7) is 5.19. The first-order valence-corrected chi connectivity index (χ1v) is 6.84. The number of allylic oxidation sites excluding steroid dienone is 5. The summed E-state index contributed by atoms with van der Waals surface area (Å²) in [4.78, 5) is 4.60. The van der Waals surface area contributed by atoms with Crippen LogP contribution in [0, 0.1) is 0 Å². The van der Waals surface area contributed by atoms with Gasteiger partial charge >= 0.3 is 0 Å². The lowest BCUT2D eigenvalue weighted by atomic mass is 10.3. The topological polar surface area (TPSA) is 18.5 Å². The van der Waals surface area contributed by atoms with Crippen LogP contribution in [0.1, 0.15) is 13.8 Å². The Kier molecular flexibility index (Phi) is 3.33. The number of benzene rings is 1. The molecule has 2 aliphatic rings. The molecule has 0 aromatic heterocycles. The third kappa shape index (κ3) is 2.35. The summed E-state index contributed by atoms with van der Waals surface area (Å²) >= 11 is 0. The number of nitrogens with zero attached hydrogens (tertiary/aromatic N) is 2. The smallest absolute Gasteiger partial charge is 0.0989 e. The number of para-hydroxylation sites is 1. The molecule has 1 aromatic carbocycles. The lowest BCUT2D eigenvalue weighted by molar-refractivity contribution is 0.504. The Labute approximate surface area is 120 Å². The van der Waals surface area contributed by atoms with E-state index >= 15 is 0 Å². The molecule has 1 aromatic rings. The normalized spacial score (nSPS) is 20.0. The van der Waals surface area contributed by atoms with Gasteiger partial charge in [-0.15, -0.1) is 0 Å². The van der Waals surface area contributed by atoms with Gasteiger partial charge in [0.05, 0.1) is 12.4 Å². The summed E-state index contributed by atoms with van der Waals surface area (Å²) in [5.74, 6) is 0. The highest BCUT2D eigenvalue weighted by Gasteiger charge is 2.23. The minimum atomic E-state index is 0.852. The average molecular weight is 265 g/mol. The lowest BCUT2D eigenvalue weighted by Gasteiger charge is -2.22. The summed E-state index contributed by atoms with van der Waals surface area (Å²) in [6.07, 6.45) is 10.2. The molecule has 102 valence electrons. The molecule has 0 bridgehead atoms. The molecule has 0 saturated carbocycles. The highest BCUT2D eigenvalue weighted by Crippen LogP contribution is 2.29. The van der Waals surface area contributed by atoms with Crippen molar-refractivity contribution in [3.05, 3.63) is 78.1 Å². The molecule has 0 aliphatic carbocycles. The van der Waals surface area contributed by atoms with E-state index in [4.69, 9.17) is 0 Å². The van der Waals surface area contributed by atoms with Gasteiger partial charge in [-0.05, 0) is 38.1 Å². The molecule has 3 rings (SSSR count). The van der Waals surface area contributed by atoms with E-state index in [9.17, 15) is 0 Å². The maximum atomic E-state index is 3.25. The van der Waals surface area contributed by atoms with Crippen LogP contribution < -0.4 is 10.2 Å². The van der Waals surface area contributed by atoms with Gasteiger partial charge in [-0.3, -0.25) is 0 Å². The van der Waals surface area contributed by atoms with E-state index in [-0.39, 0.29) is 0 Å². The van der Waals surface area contributed by atoms with Crippen molar-refractivity contribution in [2.45, 2.75) is 13.8 Å². The molecule has 0 amide bonds. The Morgan fingerprint density at radius 2 is 1.85 bits per heavy atom. The number of dihydropyridines is 1. The van der Waals surface area contributed by atoms with Crippen LogP contribution in [-0.2, 0) is 0 Å². The minimum absolute atomic E-state index is 0.852. The maximum absolute atomic E-state index is 3.25. The molecule has 0 saturated heterocycles. The molecule has 2 heterocycles. The van der Waals surface area contributed by atoms with Crippen molar-refractivity contribution in [3.8, 4) is 0 Å². The van der Waals surface area contributed by atoms with Crippen LogP contribution in [0.4, 0.5) is 5.69 Å². The van der Waals surface area contributed by atoms with Gasteiger partial charge in [-0.1, -0.05) is 24.3 Å². The predicted octanol–water partition coefficient (Wildman–Crippen LogP) is 3.53. The van der Waals surface area contributed by atoms with Gasteiger partial charge in [-0.2, -0.15) is 0 Å². The van der Waals surface area contributed by atoms with Gasteiger partial charge in [0.1, 0.15) is 0 Å². The van der Waals surface area contributed by atoms with Gasteiger partial charge in [-0.25, -0.2) is 0 Å². The molecule has 3 heteroatoms. The van der Waals surface area contributed by atoms with Crippen molar-refractivity contribution in [2.24, 2.45) is 0 Å². The van der Waals surface area contributed by atoms with Gasteiger partial charge in [0.2, 0.25) is 0 Å². The fraction of sp³-hybridized carbons (Fsp3) is 0.176. The van der Waals surface area contributed by atoms with E-state index in [1.165, 1.54) is 17.1 Å². The summed E-state index contributed by atoms with van der Waals surface area (Å²) in [6, 6.07) is 10.5. The first kappa shape index (κ1) is 12.6. The number of nitrogens with one attached hydrogen (secondary N) is 1. The second-order valence-corrected chi connectivity index (χ2v) is 4.99. The Morgan fingerprint density at radius 1 is 1.05 bits per heavy atom. The van der Waals surface area contributed by atoms with Crippen LogP contribution in [0.25, 0.3) is 0 Å². The summed E-state index contributed by atoms with van der Waals surface area (Å²) in [5, 5.41) is 3.25. The van der Waals surface area contributed by atoms with Gasteiger partial charge in [0.15, 0.2) is 0 Å². The zero-order valence-electron chi connectivity index (χ0n) is 11.9. The van der Waals surface area contributed by atoms with Crippen LogP contribution in [0.5, 0.6) is 0 Å². The third-order valence-corrected chi connectivity index (χ3v) is 3.75. The fourth-order valence-corrected chi connectivity index (χ4v) is 2.44. The number of anilines is 1. The van der Waals surface area contributed by atoms with Crippen LogP contribution >= 0.6 is 0 Å². The van der Waals surface area contributed by atoms with Crippen molar-refractivity contribution in [3.63, 3.8) is 0 Å². The Balaban J connectivity index is 1.84. The average Bonchev–Trinajstić information content (AvgIpc) is 2.78. The molecule has 0 atom stereocenters. The summed E-state index contributed by atoms with van der Waals surface area (Å²) in [7, 11) is 0. The van der Waals surface area contributed by atoms with E-state index in [1.807, 2.05) is 24.4 Å². The van der Waals surface area contributed by atoms with Crippen molar-refractivity contribution < 1.29 is 0 Å². The Bertz CT molecular complexity index is 608. The molecule has 20 heavy (non-hydrogen) atoms. The molecule has 1 N–H and O–H groups in total. The van der Waals surface area contributed by atoms with Crippen molar-refractivity contribution >= 4 is 5.69 Å².